The topological polar surface area (TPSA) is 37.8 Å². The zero-order chi connectivity index (χ0) is 14.8. The second-order valence-electron chi connectivity index (χ2n) is 5.22. The van der Waals surface area contributed by atoms with Gasteiger partial charge in [-0.25, -0.2) is 9.97 Å². The summed E-state index contributed by atoms with van der Waals surface area (Å²) in [5.74, 6) is 1.54. The van der Waals surface area contributed by atoms with Crippen molar-refractivity contribution in [3.05, 3.63) is 53.6 Å². The van der Waals surface area contributed by atoms with Gasteiger partial charge in [0.25, 0.3) is 0 Å². The van der Waals surface area contributed by atoms with Crippen molar-refractivity contribution in [2.24, 2.45) is 0 Å². The van der Waals surface area contributed by atoms with Gasteiger partial charge in [0.15, 0.2) is 5.82 Å². The van der Waals surface area contributed by atoms with Crippen LogP contribution < -0.4 is 5.32 Å². The first-order chi connectivity index (χ1) is 10.1. The molecule has 4 heteroatoms. The molecule has 0 radical (unpaired) electrons. The summed E-state index contributed by atoms with van der Waals surface area (Å²) in [5.41, 5.74) is 1.84. The zero-order valence-electron chi connectivity index (χ0n) is 12.0. The number of benzene rings is 2. The van der Waals surface area contributed by atoms with Crippen LogP contribution in [-0.4, -0.2) is 16.0 Å². The van der Waals surface area contributed by atoms with Crippen LogP contribution in [0.3, 0.4) is 0 Å². The van der Waals surface area contributed by atoms with Crippen molar-refractivity contribution >= 4 is 28.3 Å². The third-order valence-electron chi connectivity index (χ3n) is 3.12. The third-order valence-corrected chi connectivity index (χ3v) is 3.35. The van der Waals surface area contributed by atoms with E-state index in [2.05, 4.69) is 29.1 Å². The van der Waals surface area contributed by atoms with E-state index in [0.717, 1.165) is 22.3 Å². The number of hydrogen-bond donors (Lipinski definition) is 1. The summed E-state index contributed by atoms with van der Waals surface area (Å²) in [6.07, 6.45) is 0. The van der Waals surface area contributed by atoms with E-state index in [1.807, 2.05) is 48.5 Å². The van der Waals surface area contributed by atoms with Crippen molar-refractivity contribution in [2.45, 2.75) is 19.9 Å². The van der Waals surface area contributed by atoms with E-state index in [0.29, 0.717) is 16.9 Å². The monoisotopic (exact) mass is 297 g/mol. The molecule has 3 rings (SSSR count). The van der Waals surface area contributed by atoms with Gasteiger partial charge >= 0.3 is 0 Å². The maximum Gasteiger partial charge on any atom is 0.162 e. The number of anilines is 1. The molecule has 1 heterocycles. The molecule has 0 aliphatic heterocycles. The third kappa shape index (κ3) is 2.98. The number of halogens is 1. The van der Waals surface area contributed by atoms with Gasteiger partial charge in [0.2, 0.25) is 0 Å². The zero-order valence-corrected chi connectivity index (χ0v) is 12.7. The molecule has 0 spiro atoms. The lowest BCUT2D eigenvalue weighted by atomic mass is 10.2. The minimum absolute atomic E-state index is 0.294. The molecule has 0 atom stereocenters. The number of rotatable bonds is 3. The maximum absolute atomic E-state index is 6.09. The van der Waals surface area contributed by atoms with Crippen molar-refractivity contribution in [1.29, 1.82) is 0 Å². The largest absolute Gasteiger partial charge is 0.367 e. The molecule has 0 amide bonds. The first-order valence-corrected chi connectivity index (χ1v) is 7.30. The van der Waals surface area contributed by atoms with Crippen molar-refractivity contribution in [1.82, 2.24) is 9.97 Å². The van der Waals surface area contributed by atoms with Crippen LogP contribution in [0.25, 0.3) is 22.3 Å². The van der Waals surface area contributed by atoms with Gasteiger partial charge in [0.1, 0.15) is 5.82 Å². The maximum atomic E-state index is 6.09. The molecule has 21 heavy (non-hydrogen) atoms. The molecule has 0 bridgehead atoms. The summed E-state index contributed by atoms with van der Waals surface area (Å²) in [6, 6.07) is 15.9. The molecular weight excluding hydrogens is 282 g/mol. The smallest absolute Gasteiger partial charge is 0.162 e. The average molecular weight is 298 g/mol. The van der Waals surface area contributed by atoms with Gasteiger partial charge in [-0.1, -0.05) is 41.9 Å². The normalized spacial score (nSPS) is 11.0. The highest BCUT2D eigenvalue weighted by atomic mass is 35.5. The van der Waals surface area contributed by atoms with Gasteiger partial charge in [0, 0.05) is 22.0 Å². The lowest BCUT2D eigenvalue weighted by molar-refractivity contribution is 0.891. The molecule has 1 N–H and O–H groups in total. The van der Waals surface area contributed by atoms with Gasteiger partial charge < -0.3 is 5.32 Å². The minimum atomic E-state index is 0.294. The van der Waals surface area contributed by atoms with Gasteiger partial charge in [-0.15, -0.1) is 0 Å². The summed E-state index contributed by atoms with van der Waals surface area (Å²) < 4.78 is 0. The summed E-state index contributed by atoms with van der Waals surface area (Å²) in [6.45, 7) is 4.18. The Balaban J connectivity index is 2.22. The van der Waals surface area contributed by atoms with E-state index in [1.165, 1.54) is 0 Å². The Morgan fingerprint density at radius 3 is 2.48 bits per heavy atom. The Morgan fingerprint density at radius 1 is 1.00 bits per heavy atom. The fourth-order valence-corrected chi connectivity index (χ4v) is 2.37. The van der Waals surface area contributed by atoms with Crippen LogP contribution in [-0.2, 0) is 0 Å². The molecule has 3 nitrogen and oxygen atoms in total. The van der Waals surface area contributed by atoms with E-state index in [9.17, 15) is 0 Å². The molecule has 1 aromatic heterocycles. The Labute approximate surface area is 129 Å². The van der Waals surface area contributed by atoms with E-state index >= 15 is 0 Å². The van der Waals surface area contributed by atoms with Crippen molar-refractivity contribution < 1.29 is 0 Å². The number of nitrogens with one attached hydrogen (secondary N) is 1. The second kappa shape index (κ2) is 5.70. The highest BCUT2D eigenvalue weighted by Crippen LogP contribution is 2.27. The molecule has 2 aromatic carbocycles. The summed E-state index contributed by atoms with van der Waals surface area (Å²) in [5, 5.41) is 5.04. The van der Waals surface area contributed by atoms with Crippen LogP contribution in [0, 0.1) is 0 Å². The average Bonchev–Trinajstić information content (AvgIpc) is 2.47. The number of nitrogens with zero attached hydrogens (tertiary/aromatic N) is 2. The van der Waals surface area contributed by atoms with Gasteiger partial charge in [0.05, 0.1) is 5.52 Å². The van der Waals surface area contributed by atoms with Crippen LogP contribution in [0.15, 0.2) is 48.5 Å². The Kier molecular flexibility index (Phi) is 3.76. The van der Waals surface area contributed by atoms with E-state index in [4.69, 9.17) is 11.6 Å². The fraction of sp³-hybridized carbons (Fsp3) is 0.176. The van der Waals surface area contributed by atoms with Crippen LogP contribution in [0.1, 0.15) is 13.8 Å². The van der Waals surface area contributed by atoms with E-state index in [-0.39, 0.29) is 0 Å². The van der Waals surface area contributed by atoms with Crippen molar-refractivity contribution in [3.63, 3.8) is 0 Å². The molecule has 0 saturated carbocycles. The molecular formula is C17H16ClN3. The molecule has 3 aromatic rings. The Bertz CT molecular complexity index is 770. The van der Waals surface area contributed by atoms with Gasteiger partial charge in [-0.2, -0.15) is 0 Å². The highest BCUT2D eigenvalue weighted by Gasteiger charge is 2.10. The van der Waals surface area contributed by atoms with Crippen LogP contribution in [0.4, 0.5) is 5.82 Å². The van der Waals surface area contributed by atoms with Gasteiger partial charge in [-0.05, 0) is 32.0 Å². The lowest BCUT2D eigenvalue weighted by Gasteiger charge is -2.13. The number of fused-ring (bicyclic) bond motifs is 1. The molecule has 0 fully saturated rings. The standard InChI is InChI=1S/C17H16ClN3/c1-11(2)19-17-14-9-8-13(18)10-15(14)20-16(21-17)12-6-4-3-5-7-12/h3-11H,1-2H3,(H,19,20,21). The summed E-state index contributed by atoms with van der Waals surface area (Å²) >= 11 is 6.09. The van der Waals surface area contributed by atoms with Crippen molar-refractivity contribution in [2.75, 3.05) is 5.32 Å². The molecule has 0 aliphatic carbocycles. The van der Waals surface area contributed by atoms with Crippen LogP contribution >= 0.6 is 11.6 Å². The quantitative estimate of drug-likeness (QED) is 0.756. The van der Waals surface area contributed by atoms with Crippen LogP contribution in [0.5, 0.6) is 0 Å². The highest BCUT2D eigenvalue weighted by molar-refractivity contribution is 6.31. The second-order valence-corrected chi connectivity index (χ2v) is 5.66. The van der Waals surface area contributed by atoms with E-state index in [1.54, 1.807) is 0 Å². The van der Waals surface area contributed by atoms with Crippen molar-refractivity contribution in [3.8, 4) is 11.4 Å². The molecule has 0 aliphatic rings. The summed E-state index contributed by atoms with van der Waals surface area (Å²) in [7, 11) is 0. The predicted molar refractivity (Wildman–Crippen MR) is 88.7 cm³/mol. The fourth-order valence-electron chi connectivity index (χ4n) is 2.20. The molecule has 0 saturated heterocycles. The van der Waals surface area contributed by atoms with E-state index < -0.39 is 0 Å². The number of aromatic nitrogens is 2. The lowest BCUT2D eigenvalue weighted by Crippen LogP contribution is -2.12. The van der Waals surface area contributed by atoms with Gasteiger partial charge in [-0.3, -0.25) is 0 Å². The summed E-state index contributed by atoms with van der Waals surface area (Å²) in [4.78, 5) is 9.31. The Hall–Kier alpha value is -2.13. The predicted octanol–water partition coefficient (Wildman–Crippen LogP) is 4.77. The first-order valence-electron chi connectivity index (χ1n) is 6.93. The SMILES string of the molecule is CC(C)Nc1nc(-c2ccccc2)nc2cc(Cl)ccc12. The Morgan fingerprint density at radius 2 is 1.76 bits per heavy atom. The minimum Gasteiger partial charge on any atom is -0.367 e. The molecule has 0 unspecified atom stereocenters. The first kappa shape index (κ1) is 13.8. The molecule has 106 valence electrons. The van der Waals surface area contributed by atoms with Crippen LogP contribution in [0.2, 0.25) is 5.02 Å². The number of hydrogen-bond acceptors (Lipinski definition) is 3.